The van der Waals surface area contributed by atoms with Crippen LogP contribution in [0.4, 0.5) is 11.5 Å². The van der Waals surface area contributed by atoms with Crippen molar-refractivity contribution in [2.75, 3.05) is 36.6 Å². The van der Waals surface area contributed by atoms with Crippen molar-refractivity contribution in [2.45, 2.75) is 20.8 Å². The van der Waals surface area contributed by atoms with Crippen LogP contribution >= 0.6 is 0 Å². The van der Waals surface area contributed by atoms with E-state index >= 15 is 0 Å². The summed E-state index contributed by atoms with van der Waals surface area (Å²) in [6.07, 6.45) is 0. The number of morpholine rings is 1. The second-order valence-corrected chi connectivity index (χ2v) is 7.48. The molecule has 2 heterocycles. The Bertz CT molecular complexity index is 1040. The zero-order chi connectivity index (χ0) is 20.9. The van der Waals surface area contributed by atoms with E-state index in [1.54, 1.807) is 0 Å². The Morgan fingerprint density at radius 1 is 1.00 bits per heavy atom. The van der Waals surface area contributed by atoms with Gasteiger partial charge < -0.3 is 9.64 Å². The molecule has 4 rings (SSSR count). The van der Waals surface area contributed by atoms with Crippen molar-refractivity contribution in [3.63, 3.8) is 0 Å². The van der Waals surface area contributed by atoms with Gasteiger partial charge in [0, 0.05) is 30.4 Å². The Balaban J connectivity index is 1.61. The molecule has 0 atom stereocenters. The minimum absolute atomic E-state index is 0.681. The summed E-state index contributed by atoms with van der Waals surface area (Å²) in [5.74, 6) is 1.38. The first kappa shape index (κ1) is 20.0. The summed E-state index contributed by atoms with van der Waals surface area (Å²) in [5.41, 5.74) is 9.47. The zero-order valence-electron chi connectivity index (χ0n) is 17.7. The minimum atomic E-state index is 0.681. The van der Waals surface area contributed by atoms with E-state index < -0.39 is 0 Å². The van der Waals surface area contributed by atoms with Gasteiger partial charge in [0.1, 0.15) is 5.82 Å². The topological polar surface area (TPSA) is 62.6 Å². The number of hydrazone groups is 1. The van der Waals surface area contributed by atoms with Crippen LogP contribution in [0.1, 0.15) is 23.9 Å². The van der Waals surface area contributed by atoms with Gasteiger partial charge in [-0.2, -0.15) is 5.10 Å². The van der Waals surface area contributed by atoms with Gasteiger partial charge in [-0.05, 0) is 32.4 Å². The smallest absolute Gasteiger partial charge is 0.150 e. The molecule has 6 nitrogen and oxygen atoms in total. The first-order valence-corrected chi connectivity index (χ1v) is 10.3. The van der Waals surface area contributed by atoms with Crippen LogP contribution in [0.3, 0.4) is 0 Å². The summed E-state index contributed by atoms with van der Waals surface area (Å²) in [4.78, 5) is 11.6. The Labute approximate surface area is 177 Å². The maximum absolute atomic E-state index is 5.51. The molecule has 30 heavy (non-hydrogen) atoms. The first-order valence-electron chi connectivity index (χ1n) is 10.3. The highest BCUT2D eigenvalue weighted by atomic mass is 16.5. The van der Waals surface area contributed by atoms with Crippen molar-refractivity contribution >= 4 is 17.2 Å². The Morgan fingerprint density at radius 3 is 2.50 bits per heavy atom. The maximum atomic E-state index is 5.51. The maximum Gasteiger partial charge on any atom is 0.150 e. The fraction of sp³-hybridized carbons (Fsp3) is 0.292. The van der Waals surface area contributed by atoms with Crippen LogP contribution in [0.2, 0.25) is 0 Å². The summed E-state index contributed by atoms with van der Waals surface area (Å²) in [6, 6.07) is 18.6. The Morgan fingerprint density at radius 2 is 1.73 bits per heavy atom. The van der Waals surface area contributed by atoms with Gasteiger partial charge in [0.05, 0.1) is 24.6 Å². The monoisotopic (exact) mass is 401 g/mol. The standard InChI is InChI=1S/C24H27N5O/c1-17-8-10-20(11-9-17)18(2)27-28-24-16-22(25-19(3)26-24)21-6-4-5-7-23(21)29-12-14-30-15-13-29/h4-11,16H,12-15H2,1-3H3,(H,25,26,28)/b27-18-. The number of hydrogen-bond donors (Lipinski definition) is 1. The molecule has 0 bridgehead atoms. The molecule has 1 aromatic heterocycles. The number of hydrogen-bond acceptors (Lipinski definition) is 6. The van der Waals surface area contributed by atoms with Gasteiger partial charge >= 0.3 is 0 Å². The molecule has 0 aliphatic carbocycles. The number of nitrogens with zero attached hydrogens (tertiary/aromatic N) is 4. The number of anilines is 2. The quantitative estimate of drug-likeness (QED) is 0.506. The average molecular weight is 402 g/mol. The van der Waals surface area contributed by atoms with E-state index in [0.717, 1.165) is 48.8 Å². The van der Waals surface area contributed by atoms with Gasteiger partial charge in [-0.3, -0.25) is 5.43 Å². The molecule has 0 radical (unpaired) electrons. The molecule has 1 saturated heterocycles. The van der Waals surface area contributed by atoms with Crippen molar-refractivity contribution in [1.29, 1.82) is 0 Å². The van der Waals surface area contributed by atoms with Crippen molar-refractivity contribution in [3.05, 3.63) is 71.5 Å². The summed E-state index contributed by atoms with van der Waals surface area (Å²) in [7, 11) is 0. The third-order valence-electron chi connectivity index (χ3n) is 5.18. The fourth-order valence-corrected chi connectivity index (χ4v) is 3.53. The van der Waals surface area contributed by atoms with E-state index in [2.05, 4.69) is 69.8 Å². The van der Waals surface area contributed by atoms with E-state index in [4.69, 9.17) is 9.72 Å². The molecule has 1 fully saturated rings. The number of nitrogens with one attached hydrogen (secondary N) is 1. The van der Waals surface area contributed by atoms with Crippen molar-refractivity contribution < 1.29 is 4.74 Å². The van der Waals surface area contributed by atoms with E-state index in [9.17, 15) is 0 Å². The predicted octanol–water partition coefficient (Wildman–Crippen LogP) is 4.43. The Hall–Kier alpha value is -3.25. The SMILES string of the molecule is C/C(=N/Nc1cc(-c2ccccc2N2CCOCC2)nc(C)n1)c1ccc(C)cc1. The van der Waals surface area contributed by atoms with Gasteiger partial charge in [-0.1, -0.05) is 48.0 Å². The van der Waals surface area contributed by atoms with E-state index in [1.165, 1.54) is 11.3 Å². The zero-order valence-corrected chi connectivity index (χ0v) is 17.7. The highest BCUT2D eigenvalue weighted by molar-refractivity contribution is 5.99. The molecular formula is C24H27N5O. The summed E-state index contributed by atoms with van der Waals surface area (Å²) < 4.78 is 5.51. The minimum Gasteiger partial charge on any atom is -0.378 e. The molecular weight excluding hydrogens is 374 g/mol. The highest BCUT2D eigenvalue weighted by Gasteiger charge is 2.16. The fourth-order valence-electron chi connectivity index (χ4n) is 3.53. The van der Waals surface area contributed by atoms with E-state index in [0.29, 0.717) is 11.6 Å². The second-order valence-electron chi connectivity index (χ2n) is 7.48. The lowest BCUT2D eigenvalue weighted by atomic mass is 10.1. The third-order valence-corrected chi connectivity index (χ3v) is 5.18. The molecule has 1 aliphatic heterocycles. The van der Waals surface area contributed by atoms with Crippen LogP contribution in [0.15, 0.2) is 59.7 Å². The predicted molar refractivity (Wildman–Crippen MR) is 122 cm³/mol. The molecule has 6 heteroatoms. The van der Waals surface area contributed by atoms with Crippen LogP contribution in [0.5, 0.6) is 0 Å². The molecule has 2 aromatic carbocycles. The third kappa shape index (κ3) is 4.66. The number of ether oxygens (including phenoxy) is 1. The molecule has 3 aromatic rings. The van der Waals surface area contributed by atoms with Gasteiger partial charge in [-0.15, -0.1) is 0 Å². The van der Waals surface area contributed by atoms with Crippen LogP contribution in [-0.2, 0) is 4.74 Å². The van der Waals surface area contributed by atoms with Gasteiger partial charge in [0.2, 0.25) is 0 Å². The number of aryl methyl sites for hydroxylation is 2. The van der Waals surface area contributed by atoms with Crippen LogP contribution in [0, 0.1) is 13.8 Å². The van der Waals surface area contributed by atoms with Crippen LogP contribution < -0.4 is 10.3 Å². The summed E-state index contributed by atoms with van der Waals surface area (Å²) in [6.45, 7) is 9.23. The second kappa shape index (κ2) is 9.05. The lowest BCUT2D eigenvalue weighted by Crippen LogP contribution is -2.36. The highest BCUT2D eigenvalue weighted by Crippen LogP contribution is 2.31. The lowest BCUT2D eigenvalue weighted by Gasteiger charge is -2.30. The Kier molecular flexibility index (Phi) is 6.05. The molecule has 0 unspecified atom stereocenters. The van der Waals surface area contributed by atoms with E-state index in [1.807, 2.05) is 26.0 Å². The van der Waals surface area contributed by atoms with Crippen molar-refractivity contribution in [1.82, 2.24) is 9.97 Å². The molecule has 1 aliphatic rings. The number of aromatic nitrogens is 2. The largest absolute Gasteiger partial charge is 0.378 e. The van der Waals surface area contributed by atoms with Crippen molar-refractivity contribution in [2.24, 2.45) is 5.10 Å². The number of benzene rings is 2. The first-order chi connectivity index (χ1) is 14.6. The van der Waals surface area contributed by atoms with Gasteiger partial charge in [-0.25, -0.2) is 9.97 Å². The molecule has 0 amide bonds. The molecule has 0 saturated carbocycles. The van der Waals surface area contributed by atoms with E-state index in [-0.39, 0.29) is 0 Å². The summed E-state index contributed by atoms with van der Waals surface area (Å²) >= 11 is 0. The van der Waals surface area contributed by atoms with Crippen LogP contribution in [-0.4, -0.2) is 42.0 Å². The molecule has 1 N–H and O–H groups in total. The number of rotatable bonds is 5. The van der Waals surface area contributed by atoms with Crippen molar-refractivity contribution in [3.8, 4) is 11.3 Å². The summed E-state index contributed by atoms with van der Waals surface area (Å²) in [5, 5.41) is 4.53. The van der Waals surface area contributed by atoms with Gasteiger partial charge in [0.15, 0.2) is 5.82 Å². The van der Waals surface area contributed by atoms with Crippen LogP contribution in [0.25, 0.3) is 11.3 Å². The average Bonchev–Trinajstić information content (AvgIpc) is 2.78. The lowest BCUT2D eigenvalue weighted by molar-refractivity contribution is 0.123. The molecule has 0 spiro atoms. The van der Waals surface area contributed by atoms with Gasteiger partial charge in [0.25, 0.3) is 0 Å². The number of para-hydroxylation sites is 1. The normalized spacial score (nSPS) is 14.6. The molecule has 154 valence electrons.